The molecule has 0 bridgehead atoms. The summed E-state index contributed by atoms with van der Waals surface area (Å²) in [4.78, 5) is 8.06. The van der Waals surface area contributed by atoms with Crippen LogP contribution in [0.2, 0.25) is 0 Å². The fourth-order valence-corrected chi connectivity index (χ4v) is 3.89. The molecule has 1 aliphatic heterocycles. The molecule has 23 heavy (non-hydrogen) atoms. The molecule has 124 valence electrons. The van der Waals surface area contributed by atoms with Gasteiger partial charge in [0.25, 0.3) is 0 Å². The van der Waals surface area contributed by atoms with Crippen molar-refractivity contribution in [1.82, 2.24) is 14.5 Å². The molecule has 1 atom stereocenters. The molecule has 0 amide bonds. The third-order valence-corrected chi connectivity index (χ3v) is 5.41. The van der Waals surface area contributed by atoms with Crippen molar-refractivity contribution in [3.63, 3.8) is 0 Å². The van der Waals surface area contributed by atoms with E-state index in [-0.39, 0.29) is 0 Å². The van der Waals surface area contributed by atoms with Crippen molar-refractivity contribution in [1.29, 1.82) is 0 Å². The maximum absolute atomic E-state index is 10.2. The van der Waals surface area contributed by atoms with E-state index in [0.717, 1.165) is 19.5 Å². The Balaban J connectivity index is 1.24. The predicted octanol–water partition coefficient (Wildman–Crippen LogP) is 2.22. The molecule has 3 heterocycles. The molecule has 2 aliphatic rings. The predicted molar refractivity (Wildman–Crippen MR) is 89.5 cm³/mol. The zero-order chi connectivity index (χ0) is 15.6. The zero-order valence-electron chi connectivity index (χ0n) is 13.2. The van der Waals surface area contributed by atoms with Crippen LogP contribution in [0, 0.1) is 0 Å². The number of aliphatic hydroxyl groups excluding tert-OH is 1. The van der Waals surface area contributed by atoms with Crippen LogP contribution in [0.1, 0.15) is 35.1 Å². The molecule has 0 aromatic carbocycles. The molecule has 0 unspecified atom stereocenters. The van der Waals surface area contributed by atoms with Crippen molar-refractivity contribution in [2.45, 2.75) is 44.6 Å². The molecule has 1 N–H and O–H groups in total. The Labute approximate surface area is 140 Å². The summed E-state index contributed by atoms with van der Waals surface area (Å²) in [5, 5.41) is 12.2. The second-order valence-electron chi connectivity index (χ2n) is 6.51. The highest BCUT2D eigenvalue weighted by Crippen LogP contribution is 2.37. The number of hydrogen-bond acceptors (Lipinski definition) is 5. The van der Waals surface area contributed by atoms with E-state index in [1.807, 2.05) is 17.8 Å². The van der Waals surface area contributed by atoms with Gasteiger partial charge in [-0.3, -0.25) is 4.90 Å². The van der Waals surface area contributed by atoms with Crippen LogP contribution >= 0.6 is 11.3 Å². The maximum atomic E-state index is 10.2. The van der Waals surface area contributed by atoms with Gasteiger partial charge in [0, 0.05) is 42.7 Å². The highest BCUT2D eigenvalue weighted by Gasteiger charge is 2.29. The van der Waals surface area contributed by atoms with Crippen LogP contribution in [0.3, 0.4) is 0 Å². The van der Waals surface area contributed by atoms with Crippen molar-refractivity contribution in [2.75, 3.05) is 19.7 Å². The van der Waals surface area contributed by atoms with Gasteiger partial charge in [0.2, 0.25) is 0 Å². The number of nitrogens with zero attached hydrogens (tertiary/aromatic N) is 3. The Hall–Kier alpha value is -1.21. The number of hydrogen-bond donors (Lipinski definition) is 1. The highest BCUT2D eigenvalue weighted by molar-refractivity contribution is 7.09. The maximum Gasteiger partial charge on any atom is 0.0954 e. The number of imidazole rings is 1. The van der Waals surface area contributed by atoms with Gasteiger partial charge in [-0.1, -0.05) is 6.07 Å². The third kappa shape index (κ3) is 3.66. The van der Waals surface area contributed by atoms with Crippen molar-refractivity contribution in [2.24, 2.45) is 0 Å². The summed E-state index contributed by atoms with van der Waals surface area (Å²) >= 11 is 1.68. The molecular weight excluding hydrogens is 310 g/mol. The molecule has 2 aromatic heterocycles. The second kappa shape index (κ2) is 6.73. The summed E-state index contributed by atoms with van der Waals surface area (Å²) in [5.41, 5.74) is 2.60. The van der Waals surface area contributed by atoms with Crippen molar-refractivity contribution in [3.05, 3.63) is 40.1 Å². The van der Waals surface area contributed by atoms with Crippen molar-refractivity contribution < 1.29 is 9.84 Å². The first kappa shape index (κ1) is 15.3. The monoisotopic (exact) mass is 333 g/mol. The van der Waals surface area contributed by atoms with Crippen LogP contribution in [0.25, 0.3) is 0 Å². The summed E-state index contributed by atoms with van der Waals surface area (Å²) in [6, 6.07) is 4.78. The van der Waals surface area contributed by atoms with Gasteiger partial charge in [0.1, 0.15) is 0 Å². The van der Waals surface area contributed by atoms with E-state index >= 15 is 0 Å². The Morgan fingerprint density at radius 1 is 1.43 bits per heavy atom. The van der Waals surface area contributed by atoms with E-state index in [2.05, 4.69) is 20.5 Å². The van der Waals surface area contributed by atoms with E-state index in [0.29, 0.717) is 25.8 Å². The second-order valence-corrected chi connectivity index (χ2v) is 7.54. The summed E-state index contributed by atoms with van der Waals surface area (Å²) < 4.78 is 7.98. The van der Waals surface area contributed by atoms with Crippen LogP contribution in [0.5, 0.6) is 0 Å². The summed E-state index contributed by atoms with van der Waals surface area (Å²) in [7, 11) is 0. The molecule has 1 aliphatic carbocycles. The van der Waals surface area contributed by atoms with E-state index in [1.165, 1.54) is 29.1 Å². The Morgan fingerprint density at radius 3 is 3.13 bits per heavy atom. The highest BCUT2D eigenvalue weighted by atomic mass is 32.1. The number of rotatable bonds is 7. The van der Waals surface area contributed by atoms with Gasteiger partial charge in [-0.2, -0.15) is 0 Å². The zero-order valence-corrected chi connectivity index (χ0v) is 14.0. The average molecular weight is 333 g/mol. The molecule has 0 radical (unpaired) electrons. The van der Waals surface area contributed by atoms with Crippen LogP contribution in [-0.4, -0.2) is 45.4 Å². The van der Waals surface area contributed by atoms with Gasteiger partial charge >= 0.3 is 0 Å². The first-order valence-corrected chi connectivity index (χ1v) is 9.22. The van der Waals surface area contributed by atoms with Gasteiger partial charge in [0.05, 0.1) is 31.3 Å². The number of ether oxygens (including phenoxy) is 1. The summed E-state index contributed by atoms with van der Waals surface area (Å²) in [5.74, 6) is 0. The lowest BCUT2D eigenvalue weighted by molar-refractivity contribution is 0.00818. The van der Waals surface area contributed by atoms with Crippen LogP contribution in [0.4, 0.5) is 0 Å². The summed E-state index contributed by atoms with van der Waals surface area (Å²) in [6.45, 7) is 3.47. The fraction of sp³-hybridized carbons (Fsp3) is 0.588. The molecule has 5 nitrogen and oxygen atoms in total. The SMILES string of the molecule is O[C@H](COCc1cccs1)CN1CCc2c(ncn2C2CC2)C1. The minimum absolute atomic E-state index is 0.387. The number of thiophene rings is 1. The van der Waals surface area contributed by atoms with Crippen molar-refractivity contribution >= 4 is 11.3 Å². The molecule has 0 saturated heterocycles. The normalized spacial score (nSPS) is 19.7. The number of β-amino-alcohol motifs (C(OH)–C–C–N with tert-alkyl or cyclic N) is 1. The molecule has 1 fully saturated rings. The van der Waals surface area contributed by atoms with Crippen LogP contribution in [-0.2, 0) is 24.3 Å². The summed E-state index contributed by atoms with van der Waals surface area (Å²) in [6.07, 6.45) is 5.20. The quantitative estimate of drug-likeness (QED) is 0.844. The number of fused-ring (bicyclic) bond motifs is 1. The lowest BCUT2D eigenvalue weighted by Gasteiger charge is -2.28. The molecule has 2 aromatic rings. The lowest BCUT2D eigenvalue weighted by atomic mass is 10.1. The van der Waals surface area contributed by atoms with Gasteiger partial charge in [-0.25, -0.2) is 4.98 Å². The van der Waals surface area contributed by atoms with E-state index in [9.17, 15) is 5.11 Å². The van der Waals surface area contributed by atoms with Gasteiger partial charge < -0.3 is 14.4 Å². The largest absolute Gasteiger partial charge is 0.389 e. The smallest absolute Gasteiger partial charge is 0.0954 e. The van der Waals surface area contributed by atoms with E-state index in [1.54, 1.807) is 11.3 Å². The Bertz CT molecular complexity index is 636. The van der Waals surface area contributed by atoms with Gasteiger partial charge in [-0.15, -0.1) is 11.3 Å². The standard InChI is InChI=1S/C17H23N3O2S/c21-14(10-22-11-15-2-1-7-23-15)8-19-6-5-17-16(9-19)18-12-20(17)13-3-4-13/h1-2,7,12-14,21H,3-6,8-11H2/t14-/m0/s1. The van der Waals surface area contributed by atoms with E-state index < -0.39 is 6.10 Å². The molecule has 6 heteroatoms. The molecule has 0 spiro atoms. The minimum atomic E-state index is -0.443. The van der Waals surface area contributed by atoms with E-state index in [4.69, 9.17) is 4.74 Å². The van der Waals surface area contributed by atoms with Gasteiger partial charge in [0.15, 0.2) is 0 Å². The molecule has 4 rings (SSSR count). The van der Waals surface area contributed by atoms with Crippen LogP contribution in [0.15, 0.2) is 23.8 Å². The topological polar surface area (TPSA) is 50.5 Å². The minimum Gasteiger partial charge on any atom is -0.389 e. The lowest BCUT2D eigenvalue weighted by Crippen LogP contribution is -2.38. The Kier molecular flexibility index (Phi) is 4.48. The molecular formula is C17H23N3O2S. The third-order valence-electron chi connectivity index (χ3n) is 4.56. The number of aromatic nitrogens is 2. The van der Waals surface area contributed by atoms with Crippen LogP contribution < -0.4 is 0 Å². The first-order valence-electron chi connectivity index (χ1n) is 8.34. The van der Waals surface area contributed by atoms with Crippen molar-refractivity contribution in [3.8, 4) is 0 Å². The Morgan fingerprint density at radius 2 is 2.35 bits per heavy atom. The first-order chi connectivity index (χ1) is 11.3. The fourth-order valence-electron chi connectivity index (χ4n) is 3.25. The number of aliphatic hydroxyl groups is 1. The average Bonchev–Trinajstić information content (AvgIpc) is 3.09. The van der Waals surface area contributed by atoms with Gasteiger partial charge in [-0.05, 0) is 24.3 Å². The molecule has 1 saturated carbocycles.